The Morgan fingerprint density at radius 3 is 2.63 bits per heavy atom. The number of carbonyl (C=O) groups is 1. The molecule has 2 heterocycles. The maximum absolute atomic E-state index is 13.4. The first-order chi connectivity index (χ1) is 16.6. The second kappa shape index (κ2) is 10.1. The highest BCUT2D eigenvalue weighted by Gasteiger charge is 2.34. The molecule has 2 aromatic heterocycles. The molecule has 2 aromatic carbocycles. The summed E-state index contributed by atoms with van der Waals surface area (Å²) >= 11 is 9.73. The van der Waals surface area contributed by atoms with E-state index in [1.807, 2.05) is 18.2 Å². The summed E-state index contributed by atoms with van der Waals surface area (Å²) in [6.45, 7) is 0.371. The Bertz CT molecular complexity index is 1390. The van der Waals surface area contributed by atoms with E-state index >= 15 is 0 Å². The molecule has 0 saturated heterocycles. The molecule has 4 rings (SSSR count). The molecule has 3 N–H and O–H groups in total. The summed E-state index contributed by atoms with van der Waals surface area (Å²) in [5.74, 6) is -0.844. The van der Waals surface area contributed by atoms with E-state index in [1.165, 1.54) is 0 Å². The number of anilines is 2. The molecule has 0 radical (unpaired) electrons. The average molecular weight is 572 g/mol. The van der Waals surface area contributed by atoms with Gasteiger partial charge >= 0.3 is 12.2 Å². The van der Waals surface area contributed by atoms with Crippen LogP contribution in [0.5, 0.6) is 0 Å². The lowest BCUT2D eigenvalue weighted by molar-refractivity contribution is -0.139. The van der Waals surface area contributed by atoms with Gasteiger partial charge in [-0.05, 0) is 40.2 Å². The third-order valence-corrected chi connectivity index (χ3v) is 5.71. The van der Waals surface area contributed by atoms with Crippen molar-refractivity contribution in [2.24, 2.45) is 0 Å². The number of hydrogen-bond donors (Lipinski definition) is 3. The molecule has 35 heavy (non-hydrogen) atoms. The zero-order valence-electron chi connectivity index (χ0n) is 17.6. The van der Waals surface area contributed by atoms with E-state index in [0.717, 1.165) is 11.6 Å². The highest BCUT2D eigenvalue weighted by molar-refractivity contribution is 9.10. The van der Waals surface area contributed by atoms with Gasteiger partial charge in [-0.1, -0.05) is 29.8 Å². The van der Waals surface area contributed by atoms with Crippen molar-refractivity contribution in [1.29, 1.82) is 0 Å². The summed E-state index contributed by atoms with van der Waals surface area (Å²) in [5.41, 5.74) is 0.230. The van der Waals surface area contributed by atoms with Crippen molar-refractivity contribution >= 4 is 50.7 Å². The van der Waals surface area contributed by atoms with Crippen LogP contribution in [0.2, 0.25) is 5.02 Å². The first-order valence-electron chi connectivity index (χ1n) is 10.1. The minimum atomic E-state index is -4.87. The molecule has 0 aliphatic carbocycles. The van der Waals surface area contributed by atoms with Crippen LogP contribution in [-0.2, 0) is 6.18 Å². The van der Waals surface area contributed by atoms with Crippen molar-refractivity contribution in [1.82, 2.24) is 19.9 Å². The summed E-state index contributed by atoms with van der Waals surface area (Å²) in [7, 11) is 0. The van der Waals surface area contributed by atoms with Gasteiger partial charge in [-0.15, -0.1) is 0 Å². The lowest BCUT2D eigenvalue weighted by atomic mass is 10.1. The van der Waals surface area contributed by atoms with Crippen LogP contribution in [0.15, 0.2) is 59.2 Å². The quantitative estimate of drug-likeness (QED) is 0.190. The topological polar surface area (TPSA) is 83.3 Å². The van der Waals surface area contributed by atoms with Crippen LogP contribution in [0.25, 0.3) is 16.9 Å². The van der Waals surface area contributed by atoms with Gasteiger partial charge in [0.05, 0.1) is 21.9 Å². The number of urea groups is 1. The maximum atomic E-state index is 13.4. The molecule has 182 valence electrons. The summed E-state index contributed by atoms with van der Waals surface area (Å²) in [4.78, 5) is 16.7. The van der Waals surface area contributed by atoms with Crippen LogP contribution in [-0.4, -0.2) is 33.7 Å². The second-order valence-corrected chi connectivity index (χ2v) is 8.50. The number of aromatic nitrogens is 3. The molecule has 0 atom stereocenters. The van der Waals surface area contributed by atoms with Crippen LogP contribution in [0, 0.1) is 5.82 Å². The standard InChI is InChI=1S/C22H16BrClF4N6O/c23-15-11-31-34-19(10-18(33-20(15)34)13-3-1-2-4-16(13)24)29-7-8-30-21(35)32-12-5-6-17(25)14(9-12)22(26,27)28/h1-6,9-11,29H,7-8H2,(H2,30,32,35). The number of fused-ring (bicyclic) bond motifs is 1. The van der Waals surface area contributed by atoms with Crippen LogP contribution in [0.4, 0.5) is 33.9 Å². The van der Waals surface area contributed by atoms with E-state index in [9.17, 15) is 22.4 Å². The smallest absolute Gasteiger partial charge is 0.368 e. The molecule has 0 fully saturated rings. The Labute approximate surface area is 209 Å². The molecule has 13 heteroatoms. The number of carbonyl (C=O) groups excluding carboxylic acids is 1. The molecule has 0 spiro atoms. The van der Waals surface area contributed by atoms with Gasteiger partial charge in [-0.3, -0.25) is 0 Å². The SMILES string of the molecule is O=C(NCCNc1cc(-c2ccccc2Cl)nc2c(Br)cnn12)Nc1ccc(F)c(C(F)(F)F)c1. The molecule has 0 aliphatic heterocycles. The molecule has 2 amide bonds. The molecule has 0 saturated carbocycles. The monoisotopic (exact) mass is 570 g/mol. The highest BCUT2D eigenvalue weighted by Crippen LogP contribution is 2.33. The van der Waals surface area contributed by atoms with Crippen LogP contribution in [0.1, 0.15) is 5.56 Å². The van der Waals surface area contributed by atoms with E-state index in [4.69, 9.17) is 11.6 Å². The van der Waals surface area contributed by atoms with Crippen molar-refractivity contribution in [3.63, 3.8) is 0 Å². The lowest BCUT2D eigenvalue weighted by Gasteiger charge is -2.13. The predicted octanol–water partition coefficient (Wildman–Crippen LogP) is 6.20. The molecular weight excluding hydrogens is 556 g/mol. The van der Waals surface area contributed by atoms with Gasteiger partial charge in [0.1, 0.15) is 11.6 Å². The maximum Gasteiger partial charge on any atom is 0.419 e. The minimum absolute atomic E-state index is 0.118. The molecular formula is C22H16BrClF4N6O. The van der Waals surface area contributed by atoms with Gasteiger partial charge in [0, 0.05) is 35.4 Å². The summed E-state index contributed by atoms with van der Waals surface area (Å²) in [6, 6.07) is 10.5. The predicted molar refractivity (Wildman–Crippen MR) is 128 cm³/mol. The van der Waals surface area contributed by atoms with Crippen molar-refractivity contribution in [3.8, 4) is 11.3 Å². The van der Waals surface area contributed by atoms with Crippen LogP contribution in [0.3, 0.4) is 0 Å². The van der Waals surface area contributed by atoms with E-state index in [0.29, 0.717) is 38.8 Å². The molecule has 4 aromatic rings. The van der Waals surface area contributed by atoms with E-state index in [1.54, 1.807) is 22.8 Å². The Hall–Kier alpha value is -3.38. The summed E-state index contributed by atoms with van der Waals surface area (Å²) in [6.07, 6.45) is -3.28. The van der Waals surface area contributed by atoms with E-state index < -0.39 is 23.6 Å². The second-order valence-electron chi connectivity index (χ2n) is 7.23. The third kappa shape index (κ3) is 5.65. The van der Waals surface area contributed by atoms with Gasteiger partial charge in [-0.25, -0.2) is 14.2 Å². The van der Waals surface area contributed by atoms with E-state index in [-0.39, 0.29) is 18.8 Å². The van der Waals surface area contributed by atoms with Crippen molar-refractivity contribution in [2.45, 2.75) is 6.18 Å². The number of rotatable bonds is 6. The fourth-order valence-corrected chi connectivity index (χ4v) is 3.81. The van der Waals surface area contributed by atoms with Gasteiger partial charge in [0.25, 0.3) is 0 Å². The van der Waals surface area contributed by atoms with Crippen molar-refractivity contribution in [2.75, 3.05) is 23.7 Å². The van der Waals surface area contributed by atoms with Gasteiger partial charge in [0.2, 0.25) is 0 Å². The Balaban J connectivity index is 1.42. The normalized spacial score (nSPS) is 11.5. The Morgan fingerprint density at radius 1 is 1.11 bits per heavy atom. The zero-order valence-corrected chi connectivity index (χ0v) is 20.0. The van der Waals surface area contributed by atoms with Crippen molar-refractivity contribution in [3.05, 3.63) is 75.6 Å². The highest BCUT2D eigenvalue weighted by atomic mass is 79.9. The largest absolute Gasteiger partial charge is 0.419 e. The molecule has 0 bridgehead atoms. The third-order valence-electron chi connectivity index (χ3n) is 4.82. The van der Waals surface area contributed by atoms with Crippen LogP contribution < -0.4 is 16.0 Å². The Morgan fingerprint density at radius 2 is 1.89 bits per heavy atom. The number of nitrogens with one attached hydrogen (secondary N) is 3. The van der Waals surface area contributed by atoms with Gasteiger partial charge in [-0.2, -0.15) is 22.8 Å². The molecule has 0 aliphatic rings. The Kier molecular flexibility index (Phi) is 7.13. The number of nitrogens with zero attached hydrogens (tertiary/aromatic N) is 3. The fourth-order valence-electron chi connectivity index (χ4n) is 3.23. The lowest BCUT2D eigenvalue weighted by Crippen LogP contribution is -2.33. The number of alkyl halides is 3. The zero-order chi connectivity index (χ0) is 25.2. The fraction of sp³-hybridized carbons (Fsp3) is 0.136. The minimum Gasteiger partial charge on any atom is -0.368 e. The van der Waals surface area contributed by atoms with Crippen LogP contribution >= 0.6 is 27.5 Å². The van der Waals surface area contributed by atoms with E-state index in [2.05, 4.69) is 42.0 Å². The molecule has 0 unspecified atom stereocenters. The molecule has 7 nitrogen and oxygen atoms in total. The first kappa shape index (κ1) is 24.7. The summed E-state index contributed by atoms with van der Waals surface area (Å²) in [5, 5.41) is 12.7. The first-order valence-corrected chi connectivity index (χ1v) is 11.3. The van der Waals surface area contributed by atoms with Gasteiger partial charge in [0.15, 0.2) is 5.65 Å². The summed E-state index contributed by atoms with van der Waals surface area (Å²) < 4.78 is 54.2. The van der Waals surface area contributed by atoms with Crippen molar-refractivity contribution < 1.29 is 22.4 Å². The van der Waals surface area contributed by atoms with Gasteiger partial charge < -0.3 is 16.0 Å². The number of hydrogen-bond acceptors (Lipinski definition) is 4. The average Bonchev–Trinajstić information content (AvgIpc) is 3.18. The number of amides is 2. The number of benzene rings is 2. The number of halogens is 6.